The van der Waals surface area contributed by atoms with Gasteiger partial charge in [-0.2, -0.15) is 0 Å². The normalized spacial score (nSPS) is 27.8. The van der Waals surface area contributed by atoms with Crippen LogP contribution in [0.1, 0.15) is 51.9 Å². The largest absolute Gasteiger partial charge is 0.381 e. The molecule has 2 nitrogen and oxygen atoms in total. The lowest BCUT2D eigenvalue weighted by Gasteiger charge is -2.36. The van der Waals surface area contributed by atoms with E-state index in [-0.39, 0.29) is 0 Å². The van der Waals surface area contributed by atoms with Crippen LogP contribution in [0.25, 0.3) is 0 Å². The summed E-state index contributed by atoms with van der Waals surface area (Å²) in [6.45, 7) is 5.53. The third-order valence-corrected chi connectivity index (χ3v) is 4.12. The van der Waals surface area contributed by atoms with Crippen molar-refractivity contribution in [3.63, 3.8) is 0 Å². The Morgan fingerprint density at radius 1 is 1.13 bits per heavy atom. The summed E-state index contributed by atoms with van der Waals surface area (Å²) in [6.07, 6.45) is 9.55. The molecule has 1 aliphatic carbocycles. The molecule has 2 rings (SSSR count). The summed E-state index contributed by atoms with van der Waals surface area (Å²) in [4.78, 5) is 0. The molecule has 0 aromatic rings. The fourth-order valence-corrected chi connectivity index (χ4v) is 2.74. The number of nitrogens with one attached hydrogen (secondary N) is 1. The monoisotopic (exact) mass is 211 g/mol. The third-order valence-electron chi connectivity index (χ3n) is 4.12. The first kappa shape index (κ1) is 11.4. The van der Waals surface area contributed by atoms with Crippen LogP contribution in [0.15, 0.2) is 0 Å². The van der Waals surface area contributed by atoms with Crippen LogP contribution in [-0.4, -0.2) is 25.8 Å². The lowest BCUT2D eigenvalue weighted by atomic mass is 9.82. The highest BCUT2D eigenvalue weighted by atomic mass is 16.5. The first-order valence-corrected chi connectivity index (χ1v) is 6.60. The van der Waals surface area contributed by atoms with Crippen molar-refractivity contribution in [1.29, 1.82) is 0 Å². The minimum atomic E-state index is 0.496. The highest BCUT2D eigenvalue weighted by molar-refractivity contribution is 4.82. The Hall–Kier alpha value is -0.0800. The quantitative estimate of drug-likeness (QED) is 0.775. The number of ether oxygens (including phenoxy) is 1. The molecule has 0 spiro atoms. The molecule has 0 radical (unpaired) electrons. The Morgan fingerprint density at radius 3 is 2.47 bits per heavy atom. The molecule has 0 bridgehead atoms. The van der Waals surface area contributed by atoms with Crippen molar-refractivity contribution < 1.29 is 4.74 Å². The molecule has 1 saturated carbocycles. The molecule has 0 atom stereocenters. The average Bonchev–Trinajstić information content (AvgIpc) is 2.29. The van der Waals surface area contributed by atoms with Crippen molar-refractivity contribution in [2.75, 3.05) is 19.8 Å². The molecule has 0 unspecified atom stereocenters. The van der Waals surface area contributed by atoms with Crippen LogP contribution in [0.2, 0.25) is 0 Å². The van der Waals surface area contributed by atoms with Gasteiger partial charge in [-0.3, -0.25) is 0 Å². The molecule has 1 saturated heterocycles. The Labute approximate surface area is 93.8 Å². The second kappa shape index (κ2) is 5.31. The van der Waals surface area contributed by atoms with Crippen LogP contribution in [0, 0.1) is 5.41 Å². The number of hydrogen-bond donors (Lipinski definition) is 1. The van der Waals surface area contributed by atoms with Crippen LogP contribution in [0.4, 0.5) is 0 Å². The van der Waals surface area contributed by atoms with E-state index in [2.05, 4.69) is 12.2 Å². The Bertz CT molecular complexity index is 181. The standard InChI is InChI=1S/C13H25NO/c1-13(7-9-15-10-8-13)11-14-12-5-3-2-4-6-12/h12,14H,2-11H2,1H3. The van der Waals surface area contributed by atoms with Crippen molar-refractivity contribution in [1.82, 2.24) is 5.32 Å². The average molecular weight is 211 g/mol. The summed E-state index contributed by atoms with van der Waals surface area (Å²) < 4.78 is 5.43. The van der Waals surface area contributed by atoms with E-state index in [1.54, 1.807) is 0 Å². The Morgan fingerprint density at radius 2 is 1.80 bits per heavy atom. The van der Waals surface area contributed by atoms with Gasteiger partial charge in [0, 0.05) is 25.8 Å². The minimum absolute atomic E-state index is 0.496. The summed E-state index contributed by atoms with van der Waals surface area (Å²) in [5, 5.41) is 3.78. The van der Waals surface area contributed by atoms with E-state index in [0.29, 0.717) is 5.41 Å². The van der Waals surface area contributed by atoms with E-state index >= 15 is 0 Å². The van der Waals surface area contributed by atoms with Crippen molar-refractivity contribution in [3.05, 3.63) is 0 Å². The van der Waals surface area contributed by atoms with Gasteiger partial charge in [-0.05, 0) is 31.1 Å². The molecule has 88 valence electrons. The topological polar surface area (TPSA) is 21.3 Å². The second-order valence-electron chi connectivity index (χ2n) is 5.64. The molecule has 0 aromatic heterocycles. The molecular formula is C13H25NO. The zero-order chi connectivity index (χ0) is 10.6. The maximum atomic E-state index is 5.43. The Kier molecular flexibility index (Phi) is 4.04. The number of hydrogen-bond acceptors (Lipinski definition) is 2. The summed E-state index contributed by atoms with van der Waals surface area (Å²) in [5.41, 5.74) is 0.496. The molecule has 0 amide bonds. The van der Waals surface area contributed by atoms with Crippen LogP contribution in [-0.2, 0) is 4.74 Å². The van der Waals surface area contributed by atoms with E-state index in [4.69, 9.17) is 4.74 Å². The molecule has 1 heterocycles. The van der Waals surface area contributed by atoms with Crippen molar-refractivity contribution in [2.24, 2.45) is 5.41 Å². The molecule has 1 N–H and O–H groups in total. The number of rotatable bonds is 3. The maximum absolute atomic E-state index is 5.43. The second-order valence-corrected chi connectivity index (χ2v) is 5.64. The van der Waals surface area contributed by atoms with E-state index in [1.165, 1.54) is 51.5 Å². The molecular weight excluding hydrogens is 186 g/mol. The van der Waals surface area contributed by atoms with Gasteiger partial charge in [0.2, 0.25) is 0 Å². The summed E-state index contributed by atoms with van der Waals surface area (Å²) in [7, 11) is 0. The fraction of sp³-hybridized carbons (Fsp3) is 1.00. The highest BCUT2D eigenvalue weighted by Gasteiger charge is 2.28. The SMILES string of the molecule is CC1(CNC2CCCCC2)CCOCC1. The molecule has 15 heavy (non-hydrogen) atoms. The molecule has 2 heteroatoms. The van der Waals surface area contributed by atoms with E-state index in [1.807, 2.05) is 0 Å². The van der Waals surface area contributed by atoms with Crippen molar-refractivity contribution >= 4 is 0 Å². The smallest absolute Gasteiger partial charge is 0.0471 e. The summed E-state index contributed by atoms with van der Waals surface area (Å²) in [5.74, 6) is 0. The highest BCUT2D eigenvalue weighted by Crippen LogP contribution is 2.29. The molecule has 0 aromatic carbocycles. The van der Waals surface area contributed by atoms with Gasteiger partial charge in [0.25, 0.3) is 0 Å². The first-order valence-electron chi connectivity index (χ1n) is 6.60. The van der Waals surface area contributed by atoms with Crippen LogP contribution in [0.5, 0.6) is 0 Å². The summed E-state index contributed by atoms with van der Waals surface area (Å²) >= 11 is 0. The van der Waals surface area contributed by atoms with Crippen molar-refractivity contribution in [3.8, 4) is 0 Å². The van der Waals surface area contributed by atoms with Gasteiger partial charge in [-0.15, -0.1) is 0 Å². The predicted octanol–water partition coefficient (Wildman–Crippen LogP) is 2.73. The zero-order valence-corrected chi connectivity index (χ0v) is 10.1. The predicted molar refractivity (Wildman–Crippen MR) is 63.0 cm³/mol. The van der Waals surface area contributed by atoms with Gasteiger partial charge >= 0.3 is 0 Å². The fourth-order valence-electron chi connectivity index (χ4n) is 2.74. The van der Waals surface area contributed by atoms with Gasteiger partial charge in [0.15, 0.2) is 0 Å². The lowest BCUT2D eigenvalue weighted by molar-refractivity contribution is 0.0223. The van der Waals surface area contributed by atoms with Gasteiger partial charge in [0.1, 0.15) is 0 Å². The van der Waals surface area contributed by atoms with E-state index in [9.17, 15) is 0 Å². The minimum Gasteiger partial charge on any atom is -0.381 e. The van der Waals surface area contributed by atoms with Gasteiger partial charge < -0.3 is 10.1 Å². The van der Waals surface area contributed by atoms with Crippen molar-refractivity contribution in [2.45, 2.75) is 57.9 Å². The van der Waals surface area contributed by atoms with Gasteiger partial charge in [0.05, 0.1) is 0 Å². The molecule has 1 aliphatic heterocycles. The maximum Gasteiger partial charge on any atom is 0.0471 e. The third kappa shape index (κ3) is 3.46. The van der Waals surface area contributed by atoms with Crippen LogP contribution >= 0.6 is 0 Å². The lowest BCUT2D eigenvalue weighted by Crippen LogP contribution is -2.41. The van der Waals surface area contributed by atoms with E-state index < -0.39 is 0 Å². The molecule has 2 aliphatic rings. The van der Waals surface area contributed by atoms with Crippen LogP contribution < -0.4 is 5.32 Å². The zero-order valence-electron chi connectivity index (χ0n) is 10.1. The molecule has 2 fully saturated rings. The van der Waals surface area contributed by atoms with E-state index in [0.717, 1.165) is 19.3 Å². The Balaban J connectivity index is 1.70. The van der Waals surface area contributed by atoms with Crippen LogP contribution in [0.3, 0.4) is 0 Å². The van der Waals surface area contributed by atoms with Gasteiger partial charge in [-0.25, -0.2) is 0 Å². The van der Waals surface area contributed by atoms with Gasteiger partial charge in [-0.1, -0.05) is 26.2 Å². The first-order chi connectivity index (χ1) is 7.29. The summed E-state index contributed by atoms with van der Waals surface area (Å²) in [6, 6.07) is 0.804.